The highest BCUT2D eigenvalue weighted by molar-refractivity contribution is 6.31. The summed E-state index contributed by atoms with van der Waals surface area (Å²) in [6.45, 7) is 1.46. The van der Waals surface area contributed by atoms with Gasteiger partial charge in [-0.15, -0.1) is 0 Å². The monoisotopic (exact) mass is 453 g/mol. The Bertz CT molecular complexity index is 1280. The van der Waals surface area contributed by atoms with E-state index in [4.69, 9.17) is 23.2 Å². The van der Waals surface area contributed by atoms with E-state index in [0.717, 1.165) is 36.4 Å². The van der Waals surface area contributed by atoms with E-state index in [0.29, 0.717) is 29.9 Å². The molecule has 4 aromatic rings. The topological polar surface area (TPSA) is 66.3 Å². The number of rotatable bonds is 5. The number of aromatic nitrogens is 4. The summed E-state index contributed by atoms with van der Waals surface area (Å²) < 4.78 is 1.31. The van der Waals surface area contributed by atoms with E-state index in [2.05, 4.69) is 26.0 Å². The molecule has 3 heterocycles. The minimum Gasteiger partial charge on any atom is -0.294 e. The summed E-state index contributed by atoms with van der Waals surface area (Å²) in [7, 11) is 0. The highest BCUT2D eigenvalue weighted by Crippen LogP contribution is 2.25. The van der Waals surface area contributed by atoms with Crippen molar-refractivity contribution in [3.05, 3.63) is 86.3 Å². The number of hydrogen-bond donors (Lipinski definition) is 1. The largest absolute Gasteiger partial charge is 0.294 e. The highest BCUT2D eigenvalue weighted by Gasteiger charge is 2.27. The Kier molecular flexibility index (Phi) is 5.52. The van der Waals surface area contributed by atoms with Crippen molar-refractivity contribution in [1.29, 1.82) is 0 Å². The van der Waals surface area contributed by atoms with Crippen LogP contribution in [0.2, 0.25) is 10.0 Å². The van der Waals surface area contributed by atoms with Gasteiger partial charge in [-0.1, -0.05) is 65.7 Å². The molecule has 1 aliphatic rings. The standard InChI is InChI=1S/C23H21Cl2N5O/c24-17-9-4-6-15(12-17)13-18-10-5-11-29(18)14-19-20(25)22(31)30-23(26-19)27-21(28-30)16-7-2-1-3-8-16/h1-4,6-9,12,18H,5,10-11,13-14H2,(H,26,27,28). The van der Waals surface area contributed by atoms with E-state index >= 15 is 0 Å². The van der Waals surface area contributed by atoms with Crippen molar-refractivity contribution in [3.8, 4) is 11.4 Å². The van der Waals surface area contributed by atoms with Crippen molar-refractivity contribution in [2.45, 2.75) is 31.8 Å². The summed E-state index contributed by atoms with van der Waals surface area (Å²) in [6, 6.07) is 18.0. The number of hydrogen-bond acceptors (Lipinski definition) is 4. The zero-order valence-electron chi connectivity index (χ0n) is 16.8. The van der Waals surface area contributed by atoms with Gasteiger partial charge >= 0.3 is 0 Å². The first kappa shape index (κ1) is 20.2. The maximum atomic E-state index is 12.9. The molecule has 0 spiro atoms. The molecule has 1 saturated heterocycles. The van der Waals surface area contributed by atoms with Crippen LogP contribution in [-0.2, 0) is 13.0 Å². The fraction of sp³-hybridized carbons (Fsp3) is 0.261. The van der Waals surface area contributed by atoms with Crippen molar-refractivity contribution in [1.82, 2.24) is 24.5 Å². The average Bonchev–Trinajstić information content (AvgIpc) is 3.40. The lowest BCUT2D eigenvalue weighted by Crippen LogP contribution is -2.32. The van der Waals surface area contributed by atoms with Crippen molar-refractivity contribution in [2.24, 2.45) is 0 Å². The van der Waals surface area contributed by atoms with Gasteiger partial charge in [0.1, 0.15) is 5.02 Å². The Morgan fingerprint density at radius 1 is 1.06 bits per heavy atom. The van der Waals surface area contributed by atoms with Gasteiger partial charge in [-0.05, 0) is 43.5 Å². The van der Waals surface area contributed by atoms with Crippen LogP contribution in [0.4, 0.5) is 0 Å². The molecule has 31 heavy (non-hydrogen) atoms. The van der Waals surface area contributed by atoms with Gasteiger partial charge in [-0.25, -0.2) is 4.98 Å². The molecule has 158 valence electrons. The molecule has 8 heteroatoms. The molecule has 2 aromatic heterocycles. The normalized spacial score (nSPS) is 16.9. The number of aromatic amines is 1. The number of halogens is 2. The maximum absolute atomic E-state index is 12.9. The molecule has 0 saturated carbocycles. The Morgan fingerprint density at radius 2 is 1.90 bits per heavy atom. The van der Waals surface area contributed by atoms with Gasteiger partial charge in [0.05, 0.1) is 5.69 Å². The predicted octanol–water partition coefficient (Wildman–Crippen LogP) is 4.60. The summed E-state index contributed by atoms with van der Waals surface area (Å²) in [4.78, 5) is 24.4. The lowest BCUT2D eigenvalue weighted by atomic mass is 10.0. The lowest BCUT2D eigenvalue weighted by molar-refractivity contribution is 0.241. The molecule has 6 nitrogen and oxygen atoms in total. The van der Waals surface area contributed by atoms with Crippen LogP contribution < -0.4 is 5.56 Å². The molecular formula is C23H21Cl2N5O. The zero-order chi connectivity index (χ0) is 21.4. The molecule has 0 radical (unpaired) electrons. The Morgan fingerprint density at radius 3 is 2.71 bits per heavy atom. The van der Waals surface area contributed by atoms with Crippen LogP contribution in [-0.4, -0.2) is 37.1 Å². The van der Waals surface area contributed by atoms with Crippen molar-refractivity contribution < 1.29 is 0 Å². The second-order valence-electron chi connectivity index (χ2n) is 7.85. The Balaban J connectivity index is 1.43. The number of fused-ring (bicyclic) bond motifs is 1. The highest BCUT2D eigenvalue weighted by atomic mass is 35.5. The van der Waals surface area contributed by atoms with E-state index in [1.165, 1.54) is 10.1 Å². The van der Waals surface area contributed by atoms with Gasteiger partial charge < -0.3 is 0 Å². The molecule has 5 rings (SSSR count). The number of benzene rings is 2. The predicted molar refractivity (Wildman–Crippen MR) is 123 cm³/mol. The number of nitrogens with zero attached hydrogens (tertiary/aromatic N) is 4. The fourth-order valence-electron chi connectivity index (χ4n) is 4.23. The Labute approximate surface area is 189 Å². The molecule has 0 aliphatic carbocycles. The van der Waals surface area contributed by atoms with Crippen LogP contribution in [0.15, 0.2) is 59.4 Å². The number of likely N-dealkylation sites (tertiary alicyclic amines) is 1. The van der Waals surface area contributed by atoms with Crippen LogP contribution in [0.25, 0.3) is 17.2 Å². The van der Waals surface area contributed by atoms with Crippen molar-refractivity contribution in [3.63, 3.8) is 0 Å². The average molecular weight is 454 g/mol. The van der Waals surface area contributed by atoms with Crippen LogP contribution in [0.3, 0.4) is 0 Å². The third-order valence-corrected chi connectivity index (χ3v) is 6.38. The summed E-state index contributed by atoms with van der Waals surface area (Å²) >= 11 is 12.6. The third kappa shape index (κ3) is 4.11. The van der Waals surface area contributed by atoms with Crippen molar-refractivity contribution in [2.75, 3.05) is 6.54 Å². The summed E-state index contributed by atoms with van der Waals surface area (Å²) in [6.07, 6.45) is 3.09. The van der Waals surface area contributed by atoms with E-state index in [-0.39, 0.29) is 10.6 Å². The van der Waals surface area contributed by atoms with E-state index in [1.54, 1.807) is 0 Å². The van der Waals surface area contributed by atoms with Crippen LogP contribution in [0, 0.1) is 0 Å². The molecule has 1 atom stereocenters. The zero-order valence-corrected chi connectivity index (χ0v) is 18.3. The molecule has 1 unspecified atom stereocenters. The fourth-order valence-corrected chi connectivity index (χ4v) is 4.63. The van der Waals surface area contributed by atoms with E-state index < -0.39 is 0 Å². The van der Waals surface area contributed by atoms with Gasteiger partial charge in [0, 0.05) is 23.2 Å². The van der Waals surface area contributed by atoms with Gasteiger partial charge in [-0.2, -0.15) is 9.50 Å². The SMILES string of the molecule is O=c1c(Cl)c(CN2CCCC2Cc2cccc(Cl)c2)nc2nc(-c3ccccc3)[nH]n12. The molecule has 1 fully saturated rings. The maximum Gasteiger partial charge on any atom is 0.293 e. The van der Waals surface area contributed by atoms with E-state index in [1.807, 2.05) is 48.5 Å². The number of H-pyrrole nitrogens is 1. The molecule has 2 aromatic carbocycles. The molecular weight excluding hydrogens is 433 g/mol. The quantitative estimate of drug-likeness (QED) is 0.479. The molecule has 1 N–H and O–H groups in total. The first-order valence-corrected chi connectivity index (χ1v) is 11.0. The summed E-state index contributed by atoms with van der Waals surface area (Å²) in [5.41, 5.74) is 2.32. The summed E-state index contributed by atoms with van der Waals surface area (Å²) in [5.74, 6) is 0.910. The first-order valence-electron chi connectivity index (χ1n) is 10.3. The van der Waals surface area contributed by atoms with Crippen LogP contribution in [0.1, 0.15) is 24.1 Å². The molecule has 0 bridgehead atoms. The van der Waals surface area contributed by atoms with E-state index in [9.17, 15) is 4.79 Å². The molecule has 1 aliphatic heterocycles. The molecule has 0 amide bonds. The first-order chi connectivity index (χ1) is 15.1. The Hall–Kier alpha value is -2.67. The third-order valence-electron chi connectivity index (χ3n) is 5.77. The lowest BCUT2D eigenvalue weighted by Gasteiger charge is -2.24. The van der Waals surface area contributed by atoms with Gasteiger partial charge in [0.2, 0.25) is 0 Å². The summed E-state index contributed by atoms with van der Waals surface area (Å²) in [5, 5.41) is 3.89. The van der Waals surface area contributed by atoms with Crippen molar-refractivity contribution >= 4 is 29.0 Å². The van der Waals surface area contributed by atoms with Gasteiger partial charge in [0.25, 0.3) is 11.3 Å². The number of nitrogens with one attached hydrogen (secondary N) is 1. The smallest absolute Gasteiger partial charge is 0.293 e. The van der Waals surface area contributed by atoms with Gasteiger partial charge in [0.15, 0.2) is 5.82 Å². The minimum absolute atomic E-state index is 0.133. The minimum atomic E-state index is -0.332. The van der Waals surface area contributed by atoms with Gasteiger partial charge in [-0.3, -0.25) is 14.8 Å². The second kappa shape index (κ2) is 8.46. The van der Waals surface area contributed by atoms with Crippen LogP contribution in [0.5, 0.6) is 0 Å². The van der Waals surface area contributed by atoms with Crippen LogP contribution >= 0.6 is 23.2 Å². The second-order valence-corrected chi connectivity index (χ2v) is 8.67.